The predicted molar refractivity (Wildman–Crippen MR) is 66.2 cm³/mol. The van der Waals surface area contributed by atoms with Gasteiger partial charge in [0.15, 0.2) is 6.29 Å². The van der Waals surface area contributed by atoms with E-state index >= 15 is 0 Å². The summed E-state index contributed by atoms with van der Waals surface area (Å²) in [7, 11) is 0. The van der Waals surface area contributed by atoms with Gasteiger partial charge < -0.3 is 0 Å². The second-order valence-corrected chi connectivity index (χ2v) is 5.09. The summed E-state index contributed by atoms with van der Waals surface area (Å²) in [5, 5.41) is 0.993. The molecule has 0 atom stereocenters. The summed E-state index contributed by atoms with van der Waals surface area (Å²) in [6, 6.07) is 6.48. The molecule has 0 amide bonds. The van der Waals surface area contributed by atoms with Crippen LogP contribution >= 0.6 is 11.3 Å². The Morgan fingerprint density at radius 1 is 1.25 bits per heavy atom. The van der Waals surface area contributed by atoms with Gasteiger partial charge in [-0.05, 0) is 19.4 Å². The molecule has 0 saturated carbocycles. The molecule has 0 aliphatic rings. The number of aromatic nitrogens is 1. The Bertz CT molecular complexity index is 496. The molecular weight excluding hydrogens is 218 g/mol. The molecule has 2 rings (SSSR count). The van der Waals surface area contributed by atoms with Crippen molar-refractivity contribution < 1.29 is 4.79 Å². The normalized spacial score (nSPS) is 10.4. The Morgan fingerprint density at radius 3 is 2.50 bits per heavy atom. The van der Waals surface area contributed by atoms with Crippen molar-refractivity contribution in [1.29, 1.82) is 0 Å². The molecule has 1 aromatic carbocycles. The Morgan fingerprint density at radius 2 is 1.94 bits per heavy atom. The first-order valence-corrected chi connectivity index (χ1v) is 5.96. The van der Waals surface area contributed by atoms with Crippen LogP contribution < -0.4 is 0 Å². The van der Waals surface area contributed by atoms with E-state index in [1.54, 1.807) is 6.20 Å². The molecule has 1 aromatic heterocycles. The smallest absolute Gasteiger partial charge is 0.161 e. The molecule has 3 heteroatoms. The molecule has 0 unspecified atom stereocenters. The van der Waals surface area contributed by atoms with Crippen molar-refractivity contribution in [2.24, 2.45) is 0 Å². The first kappa shape index (κ1) is 11.0. The predicted octanol–water partition coefficient (Wildman–Crippen LogP) is 3.16. The fraction of sp³-hybridized carbons (Fsp3) is 0.231. The van der Waals surface area contributed by atoms with E-state index in [1.165, 1.54) is 28.0 Å². The van der Waals surface area contributed by atoms with Crippen LogP contribution in [0.15, 0.2) is 24.4 Å². The van der Waals surface area contributed by atoms with Gasteiger partial charge >= 0.3 is 0 Å². The summed E-state index contributed by atoms with van der Waals surface area (Å²) in [6.45, 7) is 4.18. The van der Waals surface area contributed by atoms with Crippen LogP contribution in [-0.2, 0) is 6.42 Å². The Hall–Kier alpha value is -1.48. The topological polar surface area (TPSA) is 30.0 Å². The van der Waals surface area contributed by atoms with Gasteiger partial charge in [0, 0.05) is 12.6 Å². The number of hydrogen-bond donors (Lipinski definition) is 0. The molecule has 16 heavy (non-hydrogen) atoms. The van der Waals surface area contributed by atoms with Crippen molar-refractivity contribution in [3.63, 3.8) is 0 Å². The molecule has 0 saturated heterocycles. The average molecular weight is 231 g/mol. The lowest BCUT2D eigenvalue weighted by Gasteiger charge is -2.02. The number of aryl methyl sites for hydroxylation is 2. The van der Waals surface area contributed by atoms with E-state index in [0.717, 1.165) is 17.7 Å². The standard InChI is InChI=1S/C13H13NOS/c1-9-3-10(2)5-11(4-9)6-13-14-7-12(8-15)16-13/h3-5,7-8H,6H2,1-2H3. The molecule has 0 bridgehead atoms. The molecule has 0 N–H and O–H groups in total. The van der Waals surface area contributed by atoms with E-state index in [1.807, 2.05) is 0 Å². The zero-order valence-corrected chi connectivity index (χ0v) is 10.2. The summed E-state index contributed by atoms with van der Waals surface area (Å²) in [4.78, 5) is 15.5. The number of carbonyl (C=O) groups excluding carboxylic acids is 1. The van der Waals surface area contributed by atoms with E-state index in [4.69, 9.17) is 0 Å². The Labute approximate surface area is 99.0 Å². The van der Waals surface area contributed by atoms with Crippen LogP contribution in [-0.4, -0.2) is 11.3 Å². The van der Waals surface area contributed by atoms with Gasteiger partial charge in [-0.15, -0.1) is 11.3 Å². The molecule has 0 aliphatic heterocycles. The number of rotatable bonds is 3. The average Bonchev–Trinajstić information content (AvgIpc) is 2.64. The minimum atomic E-state index is 0.694. The van der Waals surface area contributed by atoms with Crippen molar-refractivity contribution >= 4 is 17.6 Å². The maximum atomic E-state index is 10.6. The highest BCUT2D eigenvalue weighted by Crippen LogP contribution is 2.17. The number of hydrogen-bond acceptors (Lipinski definition) is 3. The molecule has 82 valence electrons. The van der Waals surface area contributed by atoms with Gasteiger partial charge in [-0.25, -0.2) is 4.98 Å². The van der Waals surface area contributed by atoms with Crippen LogP contribution in [0.1, 0.15) is 31.4 Å². The zero-order valence-electron chi connectivity index (χ0n) is 9.36. The van der Waals surface area contributed by atoms with Crippen LogP contribution in [0.4, 0.5) is 0 Å². The van der Waals surface area contributed by atoms with Crippen molar-refractivity contribution in [1.82, 2.24) is 4.98 Å². The van der Waals surface area contributed by atoms with Gasteiger partial charge in [0.25, 0.3) is 0 Å². The second kappa shape index (κ2) is 4.58. The fourth-order valence-corrected chi connectivity index (χ4v) is 2.58. The third-order valence-electron chi connectivity index (χ3n) is 2.32. The highest BCUT2D eigenvalue weighted by molar-refractivity contribution is 7.13. The summed E-state index contributed by atoms with van der Waals surface area (Å²) in [5.74, 6) is 0. The van der Waals surface area contributed by atoms with Gasteiger partial charge in [0.2, 0.25) is 0 Å². The largest absolute Gasteiger partial charge is 0.297 e. The molecule has 0 fully saturated rings. The number of aldehydes is 1. The lowest BCUT2D eigenvalue weighted by molar-refractivity contribution is 0.112. The first-order chi connectivity index (χ1) is 7.67. The summed E-state index contributed by atoms with van der Waals surface area (Å²) < 4.78 is 0. The number of nitrogens with zero attached hydrogens (tertiary/aromatic N) is 1. The fourth-order valence-electron chi connectivity index (χ4n) is 1.81. The molecule has 1 heterocycles. The third-order valence-corrected chi connectivity index (χ3v) is 3.25. The van der Waals surface area contributed by atoms with Gasteiger partial charge in [-0.3, -0.25) is 4.79 Å². The maximum Gasteiger partial charge on any atom is 0.161 e. The summed E-state index contributed by atoms with van der Waals surface area (Å²) >= 11 is 1.46. The van der Waals surface area contributed by atoms with Crippen LogP contribution in [0.3, 0.4) is 0 Å². The van der Waals surface area contributed by atoms with E-state index in [2.05, 4.69) is 37.0 Å². The monoisotopic (exact) mass is 231 g/mol. The number of benzene rings is 1. The van der Waals surface area contributed by atoms with Crippen molar-refractivity contribution in [3.05, 3.63) is 51.0 Å². The maximum absolute atomic E-state index is 10.6. The lowest BCUT2D eigenvalue weighted by atomic mass is 10.1. The molecular formula is C13H13NOS. The third kappa shape index (κ3) is 2.55. The van der Waals surface area contributed by atoms with E-state index in [-0.39, 0.29) is 0 Å². The zero-order chi connectivity index (χ0) is 11.5. The molecule has 0 radical (unpaired) electrons. The quantitative estimate of drug-likeness (QED) is 0.759. The van der Waals surface area contributed by atoms with Crippen molar-refractivity contribution in [3.8, 4) is 0 Å². The van der Waals surface area contributed by atoms with E-state index in [0.29, 0.717) is 4.88 Å². The van der Waals surface area contributed by atoms with E-state index in [9.17, 15) is 4.79 Å². The molecule has 2 nitrogen and oxygen atoms in total. The van der Waals surface area contributed by atoms with Gasteiger partial charge in [0.1, 0.15) is 0 Å². The van der Waals surface area contributed by atoms with Crippen LogP contribution in [0.5, 0.6) is 0 Å². The second-order valence-electron chi connectivity index (χ2n) is 3.95. The van der Waals surface area contributed by atoms with Gasteiger partial charge in [-0.1, -0.05) is 29.3 Å². The number of thiazole rings is 1. The number of carbonyl (C=O) groups is 1. The van der Waals surface area contributed by atoms with Crippen molar-refractivity contribution in [2.75, 3.05) is 0 Å². The highest BCUT2D eigenvalue weighted by Gasteiger charge is 2.03. The van der Waals surface area contributed by atoms with Crippen LogP contribution in [0.25, 0.3) is 0 Å². The van der Waals surface area contributed by atoms with Crippen LogP contribution in [0, 0.1) is 13.8 Å². The Kier molecular flexibility index (Phi) is 3.15. The van der Waals surface area contributed by atoms with Crippen molar-refractivity contribution in [2.45, 2.75) is 20.3 Å². The minimum Gasteiger partial charge on any atom is -0.297 e. The van der Waals surface area contributed by atoms with Crippen LogP contribution in [0.2, 0.25) is 0 Å². The SMILES string of the molecule is Cc1cc(C)cc(Cc2ncc(C=O)s2)c1. The molecule has 0 spiro atoms. The summed E-state index contributed by atoms with van der Waals surface area (Å²) in [5.41, 5.74) is 3.79. The summed E-state index contributed by atoms with van der Waals surface area (Å²) in [6.07, 6.45) is 3.29. The molecule has 0 aliphatic carbocycles. The highest BCUT2D eigenvalue weighted by atomic mass is 32.1. The van der Waals surface area contributed by atoms with Gasteiger partial charge in [-0.2, -0.15) is 0 Å². The van der Waals surface area contributed by atoms with Gasteiger partial charge in [0.05, 0.1) is 9.88 Å². The minimum absolute atomic E-state index is 0.694. The Balaban J connectivity index is 2.22. The first-order valence-electron chi connectivity index (χ1n) is 5.14. The lowest BCUT2D eigenvalue weighted by Crippen LogP contribution is -1.89. The molecule has 2 aromatic rings. The van der Waals surface area contributed by atoms with E-state index < -0.39 is 0 Å².